The Morgan fingerprint density at radius 1 is 1.27 bits per heavy atom. The summed E-state index contributed by atoms with van der Waals surface area (Å²) in [5.41, 5.74) is 1.45. The first-order valence-corrected chi connectivity index (χ1v) is 8.59. The maximum Gasteiger partial charge on any atom is 0.341 e. The molecule has 1 heterocycles. The van der Waals surface area contributed by atoms with Gasteiger partial charge in [-0.1, -0.05) is 0 Å². The first kappa shape index (κ1) is 19.6. The first-order chi connectivity index (χ1) is 12.3. The number of nitrogens with one attached hydrogen (secondary N) is 2. The number of nitrogens with zero attached hydrogens (tertiary/aromatic N) is 1. The predicted octanol–water partition coefficient (Wildman–Crippen LogP) is 3.88. The monoisotopic (exact) mass is 395 g/mol. The third-order valence-corrected chi connectivity index (χ3v) is 4.97. The number of methoxy groups -OCH3 is 2. The summed E-state index contributed by atoms with van der Waals surface area (Å²) in [7, 11) is 2.76. The maximum atomic E-state index is 12.0. The second kappa shape index (κ2) is 8.11. The van der Waals surface area contributed by atoms with E-state index in [4.69, 9.17) is 21.7 Å². The molecule has 1 aromatic heterocycles. The standard InChI is InChI=1S/C16H17N3O5S2/c1-8-9(2)26-14(13(8)15(20)24-4)18-16(25)17-11-7-10(19(21)22)5-6-12(11)23-3/h5-7H,1-4H3,(H2,17,18,25). The molecule has 0 atom stereocenters. The van der Waals surface area contributed by atoms with E-state index in [0.717, 1.165) is 10.4 Å². The van der Waals surface area contributed by atoms with Crippen LogP contribution in [0, 0.1) is 24.0 Å². The largest absolute Gasteiger partial charge is 0.495 e. The fraction of sp³-hybridized carbons (Fsp3) is 0.250. The van der Waals surface area contributed by atoms with Crippen LogP contribution in [-0.2, 0) is 4.74 Å². The van der Waals surface area contributed by atoms with Gasteiger partial charge in [-0.05, 0) is 37.7 Å². The van der Waals surface area contributed by atoms with Crippen molar-refractivity contribution in [2.75, 3.05) is 24.9 Å². The lowest BCUT2D eigenvalue weighted by atomic mass is 10.1. The Morgan fingerprint density at radius 3 is 2.54 bits per heavy atom. The maximum absolute atomic E-state index is 12.0. The minimum absolute atomic E-state index is 0.103. The van der Waals surface area contributed by atoms with Crippen LogP contribution in [0.5, 0.6) is 5.75 Å². The van der Waals surface area contributed by atoms with Crippen molar-refractivity contribution < 1.29 is 19.2 Å². The van der Waals surface area contributed by atoms with E-state index < -0.39 is 10.9 Å². The third-order valence-electron chi connectivity index (χ3n) is 3.64. The smallest absolute Gasteiger partial charge is 0.341 e. The molecule has 0 unspecified atom stereocenters. The number of benzene rings is 1. The molecular weight excluding hydrogens is 378 g/mol. The molecule has 8 nitrogen and oxygen atoms in total. The van der Waals surface area contributed by atoms with Crippen LogP contribution < -0.4 is 15.4 Å². The second-order valence-electron chi connectivity index (χ2n) is 5.20. The van der Waals surface area contributed by atoms with Crippen LogP contribution >= 0.6 is 23.6 Å². The summed E-state index contributed by atoms with van der Waals surface area (Å²) in [5.74, 6) is -0.0726. The Kier molecular flexibility index (Phi) is 6.11. The number of hydrogen-bond acceptors (Lipinski definition) is 7. The molecule has 0 saturated carbocycles. The molecule has 0 bridgehead atoms. The van der Waals surface area contributed by atoms with Crippen molar-refractivity contribution in [1.29, 1.82) is 0 Å². The number of anilines is 2. The molecule has 0 aliphatic heterocycles. The Hall–Kier alpha value is -2.72. The van der Waals surface area contributed by atoms with Gasteiger partial charge in [0.2, 0.25) is 0 Å². The fourth-order valence-electron chi connectivity index (χ4n) is 2.23. The molecule has 0 aliphatic carbocycles. The molecule has 0 saturated heterocycles. The highest BCUT2D eigenvalue weighted by Gasteiger charge is 2.21. The van der Waals surface area contributed by atoms with Gasteiger partial charge in [-0.15, -0.1) is 11.3 Å². The van der Waals surface area contributed by atoms with Crippen molar-refractivity contribution in [3.05, 3.63) is 44.3 Å². The molecule has 2 aromatic rings. The fourth-order valence-corrected chi connectivity index (χ4v) is 3.56. The van der Waals surface area contributed by atoms with Crippen molar-refractivity contribution in [3.63, 3.8) is 0 Å². The van der Waals surface area contributed by atoms with Gasteiger partial charge in [-0.2, -0.15) is 0 Å². The summed E-state index contributed by atoms with van der Waals surface area (Å²) >= 11 is 6.64. The van der Waals surface area contributed by atoms with E-state index in [-0.39, 0.29) is 10.8 Å². The highest BCUT2D eigenvalue weighted by atomic mass is 32.1. The normalized spacial score (nSPS) is 10.2. The van der Waals surface area contributed by atoms with Gasteiger partial charge in [0.05, 0.1) is 30.4 Å². The summed E-state index contributed by atoms with van der Waals surface area (Å²) in [6.45, 7) is 3.71. The van der Waals surface area contributed by atoms with Crippen molar-refractivity contribution >= 4 is 51.0 Å². The first-order valence-electron chi connectivity index (χ1n) is 7.37. The van der Waals surface area contributed by atoms with E-state index in [1.807, 2.05) is 13.8 Å². The number of rotatable bonds is 5. The molecule has 0 spiro atoms. The quantitative estimate of drug-likeness (QED) is 0.340. The van der Waals surface area contributed by atoms with E-state index in [1.54, 1.807) is 0 Å². The molecule has 2 rings (SSSR count). The SMILES string of the molecule is COC(=O)c1c(NC(=S)Nc2cc([N+](=O)[O-])ccc2OC)sc(C)c1C. The van der Waals surface area contributed by atoms with Crippen molar-refractivity contribution in [3.8, 4) is 5.75 Å². The Balaban J connectivity index is 2.28. The number of esters is 1. The van der Waals surface area contributed by atoms with Crippen molar-refractivity contribution in [1.82, 2.24) is 0 Å². The summed E-state index contributed by atoms with van der Waals surface area (Å²) in [6, 6.07) is 4.13. The van der Waals surface area contributed by atoms with E-state index in [2.05, 4.69) is 10.6 Å². The Morgan fingerprint density at radius 2 is 1.96 bits per heavy atom. The molecule has 0 fully saturated rings. The number of carbonyl (C=O) groups is 1. The van der Waals surface area contributed by atoms with Gasteiger partial charge in [0.1, 0.15) is 10.8 Å². The number of thiocarbonyl (C=S) groups is 1. The lowest BCUT2D eigenvalue weighted by Crippen LogP contribution is -2.20. The number of hydrogen-bond donors (Lipinski definition) is 2. The number of carbonyl (C=O) groups excluding carboxylic acids is 1. The van der Waals surface area contributed by atoms with Gasteiger partial charge in [0.15, 0.2) is 5.11 Å². The number of nitro benzene ring substituents is 1. The van der Waals surface area contributed by atoms with Crippen LogP contribution in [-0.4, -0.2) is 30.2 Å². The zero-order valence-electron chi connectivity index (χ0n) is 14.5. The van der Waals surface area contributed by atoms with Crippen LogP contribution in [0.1, 0.15) is 20.8 Å². The molecule has 0 aliphatic rings. The van der Waals surface area contributed by atoms with E-state index >= 15 is 0 Å². The number of ether oxygens (including phenoxy) is 2. The average Bonchev–Trinajstić information content (AvgIpc) is 2.87. The minimum atomic E-state index is -0.511. The van der Waals surface area contributed by atoms with Gasteiger partial charge in [-0.3, -0.25) is 10.1 Å². The van der Waals surface area contributed by atoms with Crippen LogP contribution in [0.2, 0.25) is 0 Å². The minimum Gasteiger partial charge on any atom is -0.495 e. The molecule has 0 radical (unpaired) electrons. The molecule has 138 valence electrons. The van der Waals surface area contributed by atoms with Gasteiger partial charge in [-0.25, -0.2) is 4.79 Å². The summed E-state index contributed by atoms with van der Waals surface area (Å²) < 4.78 is 10.0. The van der Waals surface area contributed by atoms with E-state index in [9.17, 15) is 14.9 Å². The number of aryl methyl sites for hydroxylation is 1. The third kappa shape index (κ3) is 4.09. The average molecular weight is 395 g/mol. The molecule has 10 heteroatoms. The molecular formula is C16H17N3O5S2. The Labute approximate surface area is 159 Å². The van der Waals surface area contributed by atoms with Crippen molar-refractivity contribution in [2.24, 2.45) is 0 Å². The predicted molar refractivity (Wildman–Crippen MR) is 105 cm³/mol. The molecule has 2 N–H and O–H groups in total. The lowest BCUT2D eigenvalue weighted by Gasteiger charge is -2.13. The number of non-ortho nitro benzene ring substituents is 1. The lowest BCUT2D eigenvalue weighted by molar-refractivity contribution is -0.384. The molecule has 1 aromatic carbocycles. The van der Waals surface area contributed by atoms with Crippen LogP contribution in [0.3, 0.4) is 0 Å². The topological polar surface area (TPSA) is 103 Å². The van der Waals surface area contributed by atoms with Gasteiger partial charge < -0.3 is 20.1 Å². The summed E-state index contributed by atoms with van der Waals surface area (Å²) in [4.78, 5) is 23.4. The summed E-state index contributed by atoms with van der Waals surface area (Å²) in [6.07, 6.45) is 0. The zero-order valence-corrected chi connectivity index (χ0v) is 16.2. The second-order valence-corrected chi connectivity index (χ2v) is 6.83. The zero-order chi connectivity index (χ0) is 19.4. The van der Waals surface area contributed by atoms with Gasteiger partial charge in [0, 0.05) is 17.0 Å². The number of nitro groups is 1. The van der Waals surface area contributed by atoms with E-state index in [1.165, 1.54) is 43.8 Å². The van der Waals surface area contributed by atoms with Crippen molar-refractivity contribution in [2.45, 2.75) is 13.8 Å². The number of thiophene rings is 1. The van der Waals surface area contributed by atoms with E-state index in [0.29, 0.717) is 22.0 Å². The van der Waals surface area contributed by atoms with Crippen LogP contribution in [0.15, 0.2) is 18.2 Å². The highest BCUT2D eigenvalue weighted by Crippen LogP contribution is 2.34. The van der Waals surface area contributed by atoms with Gasteiger partial charge >= 0.3 is 5.97 Å². The molecule has 26 heavy (non-hydrogen) atoms. The van der Waals surface area contributed by atoms with Crippen LogP contribution in [0.25, 0.3) is 0 Å². The molecule has 0 amide bonds. The Bertz CT molecular complexity index is 879. The van der Waals surface area contributed by atoms with Crippen LogP contribution in [0.4, 0.5) is 16.4 Å². The van der Waals surface area contributed by atoms with Gasteiger partial charge in [0.25, 0.3) is 5.69 Å². The highest BCUT2D eigenvalue weighted by molar-refractivity contribution is 7.80. The summed E-state index contributed by atoms with van der Waals surface area (Å²) in [5, 5.41) is 17.5.